The summed E-state index contributed by atoms with van der Waals surface area (Å²) in [6.45, 7) is 3.42. The highest BCUT2D eigenvalue weighted by Crippen LogP contribution is 2.34. The summed E-state index contributed by atoms with van der Waals surface area (Å²) in [5, 5.41) is 3.56. The molecular formula is C25H33Cl2N3O6S. The van der Waals surface area contributed by atoms with Crippen molar-refractivity contribution in [2.45, 2.75) is 39.3 Å². The van der Waals surface area contributed by atoms with E-state index < -0.39 is 28.5 Å². The van der Waals surface area contributed by atoms with E-state index in [4.69, 9.17) is 32.7 Å². The Hall–Kier alpha value is -2.69. The highest BCUT2D eigenvalue weighted by Gasteiger charge is 2.31. The minimum Gasteiger partial charge on any atom is -0.497 e. The van der Waals surface area contributed by atoms with Crippen LogP contribution in [0.5, 0.6) is 11.5 Å². The first-order valence-electron chi connectivity index (χ1n) is 11.6. The van der Waals surface area contributed by atoms with Gasteiger partial charge in [0.25, 0.3) is 0 Å². The largest absolute Gasteiger partial charge is 0.497 e. The first kappa shape index (κ1) is 30.5. The molecular weight excluding hydrogens is 541 g/mol. The van der Waals surface area contributed by atoms with Crippen LogP contribution in [0.4, 0.5) is 5.69 Å². The monoisotopic (exact) mass is 573 g/mol. The van der Waals surface area contributed by atoms with E-state index in [1.165, 1.54) is 31.3 Å². The van der Waals surface area contributed by atoms with E-state index in [0.29, 0.717) is 27.9 Å². The van der Waals surface area contributed by atoms with E-state index >= 15 is 0 Å². The number of methoxy groups -OCH3 is 2. The van der Waals surface area contributed by atoms with E-state index in [2.05, 4.69) is 5.32 Å². The molecule has 0 saturated heterocycles. The summed E-state index contributed by atoms with van der Waals surface area (Å²) in [4.78, 5) is 27.9. The molecule has 2 rings (SSSR count). The fourth-order valence-electron chi connectivity index (χ4n) is 3.54. The Morgan fingerprint density at radius 1 is 1.08 bits per heavy atom. The van der Waals surface area contributed by atoms with Gasteiger partial charge in [0.15, 0.2) is 0 Å². The van der Waals surface area contributed by atoms with Crippen LogP contribution >= 0.6 is 23.2 Å². The molecule has 204 valence electrons. The normalized spacial score (nSPS) is 12.0. The van der Waals surface area contributed by atoms with Gasteiger partial charge in [-0.25, -0.2) is 8.42 Å². The number of amides is 2. The van der Waals surface area contributed by atoms with Gasteiger partial charge < -0.3 is 19.7 Å². The Morgan fingerprint density at radius 3 is 2.35 bits per heavy atom. The van der Waals surface area contributed by atoms with Gasteiger partial charge in [-0.2, -0.15) is 0 Å². The third kappa shape index (κ3) is 8.41. The Balaban J connectivity index is 2.48. The second kappa shape index (κ2) is 13.7. The van der Waals surface area contributed by atoms with Gasteiger partial charge in [0.2, 0.25) is 21.8 Å². The summed E-state index contributed by atoms with van der Waals surface area (Å²) >= 11 is 12.4. The standard InChI is InChI=1S/C25H33Cl2N3O6S/c1-6-7-12-28-25(32)17(2)29(15-18-8-9-19(26)13-21(18)27)24(31)16-30(37(5,33)34)22-14-20(35-3)10-11-23(22)36-4/h8-11,13-14,17H,6-7,12,15-16H2,1-5H3,(H,28,32). The number of hydrogen-bond acceptors (Lipinski definition) is 6. The topological polar surface area (TPSA) is 105 Å². The van der Waals surface area contributed by atoms with Gasteiger partial charge in [-0.3, -0.25) is 13.9 Å². The average molecular weight is 575 g/mol. The van der Waals surface area contributed by atoms with Gasteiger partial charge in [-0.05, 0) is 43.2 Å². The van der Waals surface area contributed by atoms with Crippen molar-refractivity contribution in [3.8, 4) is 11.5 Å². The van der Waals surface area contributed by atoms with E-state index in [1.54, 1.807) is 31.2 Å². The minimum absolute atomic E-state index is 0.0377. The molecule has 0 aliphatic carbocycles. The van der Waals surface area contributed by atoms with Crippen molar-refractivity contribution >= 4 is 50.7 Å². The molecule has 0 saturated carbocycles. The molecule has 0 radical (unpaired) electrons. The lowest BCUT2D eigenvalue weighted by Crippen LogP contribution is -2.51. The fourth-order valence-corrected chi connectivity index (χ4v) is 4.85. The Bertz CT molecular complexity index is 1210. The van der Waals surface area contributed by atoms with Crippen LogP contribution < -0.4 is 19.1 Å². The van der Waals surface area contributed by atoms with Gasteiger partial charge in [-0.1, -0.05) is 42.6 Å². The van der Waals surface area contributed by atoms with Crippen molar-refractivity contribution in [2.75, 3.05) is 37.9 Å². The number of carbonyl (C=O) groups excluding carboxylic acids is 2. The van der Waals surface area contributed by atoms with Crippen LogP contribution in [0.15, 0.2) is 36.4 Å². The summed E-state index contributed by atoms with van der Waals surface area (Å²) in [5.74, 6) is -0.363. The zero-order valence-electron chi connectivity index (χ0n) is 21.6. The lowest BCUT2D eigenvalue weighted by atomic mass is 10.1. The fraction of sp³-hybridized carbons (Fsp3) is 0.440. The van der Waals surface area contributed by atoms with Crippen molar-refractivity contribution in [3.05, 3.63) is 52.0 Å². The van der Waals surface area contributed by atoms with Gasteiger partial charge in [-0.15, -0.1) is 0 Å². The Kier molecular flexibility index (Phi) is 11.3. The van der Waals surface area contributed by atoms with Gasteiger partial charge >= 0.3 is 0 Å². The number of benzene rings is 2. The second-order valence-corrected chi connectivity index (χ2v) is 11.1. The summed E-state index contributed by atoms with van der Waals surface area (Å²) in [7, 11) is -1.11. The molecule has 0 aromatic heterocycles. The zero-order valence-corrected chi connectivity index (χ0v) is 23.9. The maximum Gasteiger partial charge on any atom is 0.244 e. The molecule has 0 spiro atoms. The third-order valence-electron chi connectivity index (χ3n) is 5.69. The maximum atomic E-state index is 13.7. The first-order chi connectivity index (χ1) is 17.4. The molecule has 0 fully saturated rings. The molecule has 2 aromatic rings. The zero-order chi connectivity index (χ0) is 27.8. The van der Waals surface area contributed by atoms with Gasteiger partial charge in [0.1, 0.15) is 24.1 Å². The molecule has 0 aliphatic heterocycles. The number of nitrogens with one attached hydrogen (secondary N) is 1. The predicted molar refractivity (Wildman–Crippen MR) is 146 cm³/mol. The number of nitrogens with zero attached hydrogens (tertiary/aromatic N) is 2. The number of halogens is 2. The van der Waals surface area contributed by atoms with E-state index in [-0.39, 0.29) is 23.9 Å². The molecule has 2 aromatic carbocycles. The summed E-state index contributed by atoms with van der Waals surface area (Å²) in [6.07, 6.45) is 2.66. The van der Waals surface area contributed by atoms with Crippen LogP contribution in [0.3, 0.4) is 0 Å². The van der Waals surface area contributed by atoms with E-state index in [9.17, 15) is 18.0 Å². The van der Waals surface area contributed by atoms with E-state index in [0.717, 1.165) is 23.4 Å². The third-order valence-corrected chi connectivity index (χ3v) is 7.40. The number of ether oxygens (including phenoxy) is 2. The molecule has 9 nitrogen and oxygen atoms in total. The molecule has 0 bridgehead atoms. The SMILES string of the molecule is CCCCNC(=O)C(C)N(Cc1ccc(Cl)cc1Cl)C(=O)CN(c1cc(OC)ccc1OC)S(C)(=O)=O. The smallest absolute Gasteiger partial charge is 0.244 e. The molecule has 37 heavy (non-hydrogen) atoms. The molecule has 1 atom stereocenters. The maximum absolute atomic E-state index is 13.7. The van der Waals surface area contributed by atoms with Crippen molar-refractivity contribution in [1.82, 2.24) is 10.2 Å². The van der Waals surface area contributed by atoms with Gasteiger partial charge in [0, 0.05) is 29.2 Å². The number of sulfonamides is 1. The molecule has 12 heteroatoms. The minimum atomic E-state index is -3.95. The van der Waals surface area contributed by atoms with Crippen LogP contribution in [-0.2, 0) is 26.2 Å². The summed E-state index contributed by atoms with van der Waals surface area (Å²) in [6, 6.07) is 8.54. The quantitative estimate of drug-likeness (QED) is 0.361. The van der Waals surface area contributed by atoms with Crippen molar-refractivity contribution < 1.29 is 27.5 Å². The van der Waals surface area contributed by atoms with Gasteiger partial charge in [0.05, 0.1) is 26.2 Å². The van der Waals surface area contributed by atoms with Crippen molar-refractivity contribution in [2.24, 2.45) is 0 Å². The second-order valence-electron chi connectivity index (χ2n) is 8.39. The lowest BCUT2D eigenvalue weighted by Gasteiger charge is -2.32. The molecule has 0 heterocycles. The van der Waals surface area contributed by atoms with Crippen molar-refractivity contribution in [1.29, 1.82) is 0 Å². The number of hydrogen-bond donors (Lipinski definition) is 1. The van der Waals surface area contributed by atoms with Crippen LogP contribution in [0.1, 0.15) is 32.3 Å². The highest BCUT2D eigenvalue weighted by atomic mass is 35.5. The molecule has 1 unspecified atom stereocenters. The number of anilines is 1. The molecule has 0 aliphatic rings. The summed E-state index contributed by atoms with van der Waals surface area (Å²) in [5.41, 5.74) is 0.680. The average Bonchev–Trinajstić information content (AvgIpc) is 2.85. The number of unbranched alkanes of at least 4 members (excludes halogenated alkanes) is 1. The molecule has 2 amide bonds. The lowest BCUT2D eigenvalue weighted by molar-refractivity contribution is -0.139. The Morgan fingerprint density at radius 2 is 1.78 bits per heavy atom. The molecule has 1 N–H and O–H groups in total. The highest BCUT2D eigenvalue weighted by molar-refractivity contribution is 7.92. The number of rotatable bonds is 13. The van der Waals surface area contributed by atoms with Crippen molar-refractivity contribution in [3.63, 3.8) is 0 Å². The van der Waals surface area contributed by atoms with Crippen LogP contribution in [-0.4, -0.2) is 64.7 Å². The van der Waals surface area contributed by atoms with Crippen LogP contribution in [0, 0.1) is 0 Å². The summed E-state index contributed by atoms with van der Waals surface area (Å²) < 4.78 is 37.2. The Labute approximate surface area is 228 Å². The van der Waals surface area contributed by atoms with Crippen LogP contribution in [0.2, 0.25) is 10.0 Å². The number of carbonyl (C=O) groups is 2. The predicted octanol–water partition coefficient (Wildman–Crippen LogP) is 4.11. The van der Waals surface area contributed by atoms with Crippen LogP contribution in [0.25, 0.3) is 0 Å². The first-order valence-corrected chi connectivity index (χ1v) is 14.2. The van der Waals surface area contributed by atoms with E-state index in [1.807, 2.05) is 6.92 Å².